The van der Waals surface area contributed by atoms with Crippen LogP contribution in [-0.4, -0.2) is 11.3 Å². The van der Waals surface area contributed by atoms with E-state index < -0.39 is 39.9 Å². The molecule has 0 aliphatic rings. The third kappa shape index (κ3) is 3.85. The second-order valence-corrected chi connectivity index (χ2v) is 3.98. The van der Waals surface area contributed by atoms with Crippen molar-refractivity contribution in [2.45, 2.75) is 19.2 Å². The quantitative estimate of drug-likeness (QED) is 0.432. The minimum Gasteiger partial charge on any atom is -0.405 e. The van der Waals surface area contributed by atoms with Crippen LogP contribution < -0.4 is 4.74 Å². The zero-order valence-corrected chi connectivity index (χ0v) is 10.3. The summed E-state index contributed by atoms with van der Waals surface area (Å²) in [7, 11) is 0. The van der Waals surface area contributed by atoms with E-state index >= 15 is 0 Å². The maximum absolute atomic E-state index is 12.5. The number of ether oxygens (including phenoxy) is 1. The second-order valence-electron chi connectivity index (χ2n) is 2.95. The molecule has 1 aromatic heterocycles. The molecule has 0 aliphatic heterocycles. The van der Waals surface area contributed by atoms with Gasteiger partial charge in [0.1, 0.15) is 21.8 Å². The monoisotopic (exact) mass is 389 g/mol. The molecule has 0 radical (unpaired) electrons. The lowest BCUT2D eigenvalue weighted by atomic mass is 10.2. The third-order valence-electron chi connectivity index (χ3n) is 1.68. The normalized spacial score (nSPS) is 12.7. The highest BCUT2D eigenvalue weighted by molar-refractivity contribution is 14.1. The molecule has 1 aromatic rings. The molecule has 0 N–H and O–H groups in total. The van der Waals surface area contributed by atoms with E-state index in [4.69, 9.17) is 0 Å². The largest absolute Gasteiger partial charge is 0.573 e. The fraction of sp³-hybridized carbons (Fsp3) is 0.375. The highest BCUT2D eigenvalue weighted by Gasteiger charge is 2.37. The van der Waals surface area contributed by atoms with E-state index in [2.05, 4.69) is 9.72 Å². The van der Waals surface area contributed by atoms with Crippen molar-refractivity contribution in [2.75, 3.05) is 0 Å². The summed E-state index contributed by atoms with van der Waals surface area (Å²) in [5, 5.41) is 0. The molecule has 102 valence electrons. The van der Waals surface area contributed by atoms with Gasteiger partial charge in [-0.1, -0.05) is 0 Å². The van der Waals surface area contributed by atoms with E-state index in [0.717, 1.165) is 0 Å². The zero-order valence-electron chi connectivity index (χ0n) is 8.16. The summed E-state index contributed by atoms with van der Waals surface area (Å²) in [5.74, 6) is -1.24. The first-order valence-electron chi connectivity index (χ1n) is 4.13. The molecule has 0 aliphatic carbocycles. The van der Waals surface area contributed by atoms with E-state index in [-0.39, 0.29) is 6.07 Å². The predicted molar refractivity (Wildman–Crippen MR) is 53.5 cm³/mol. The van der Waals surface area contributed by atoms with Gasteiger partial charge >= 0.3 is 12.5 Å². The number of hydrogen-bond donors (Lipinski definition) is 0. The summed E-state index contributed by atoms with van der Waals surface area (Å²) in [4.78, 5) is 2.98. The van der Waals surface area contributed by atoms with Crippen LogP contribution in [-0.2, 0) is 12.9 Å². The van der Waals surface area contributed by atoms with Gasteiger partial charge in [-0.3, -0.25) is 0 Å². The Balaban J connectivity index is 3.33. The van der Waals surface area contributed by atoms with Crippen molar-refractivity contribution >= 4 is 22.6 Å². The van der Waals surface area contributed by atoms with Crippen LogP contribution in [0.5, 0.6) is 5.75 Å². The molecule has 0 saturated heterocycles. The number of hydrogen-bond acceptors (Lipinski definition) is 2. The maximum atomic E-state index is 12.5. The molecular weight excluding hydrogens is 386 g/mol. The first kappa shape index (κ1) is 15.2. The number of halogens is 8. The van der Waals surface area contributed by atoms with Crippen molar-refractivity contribution in [3.63, 3.8) is 0 Å². The fourth-order valence-corrected chi connectivity index (χ4v) is 1.67. The van der Waals surface area contributed by atoms with Gasteiger partial charge in [-0.15, -0.1) is 13.2 Å². The Morgan fingerprint density at radius 1 is 1.17 bits per heavy atom. The molecule has 0 spiro atoms. The number of nitrogens with zero attached hydrogens (tertiary/aromatic N) is 1. The summed E-state index contributed by atoms with van der Waals surface area (Å²) in [5.41, 5.74) is -2.26. The molecule has 0 fully saturated rings. The van der Waals surface area contributed by atoms with Gasteiger partial charge in [0.05, 0.1) is 5.56 Å². The van der Waals surface area contributed by atoms with Crippen molar-refractivity contribution in [1.82, 2.24) is 4.98 Å². The first-order chi connectivity index (χ1) is 8.04. The molecule has 0 unspecified atom stereocenters. The smallest absolute Gasteiger partial charge is 0.405 e. The topological polar surface area (TPSA) is 22.1 Å². The number of rotatable bonds is 2. The molecule has 0 bridgehead atoms. The Labute approximate surface area is 109 Å². The summed E-state index contributed by atoms with van der Waals surface area (Å²) < 4.78 is 88.2. The highest BCUT2D eigenvalue weighted by Crippen LogP contribution is 2.35. The van der Waals surface area contributed by atoms with Gasteiger partial charge in [-0.2, -0.15) is 13.2 Å². The lowest BCUT2D eigenvalue weighted by Gasteiger charge is -2.15. The van der Waals surface area contributed by atoms with Crippen LogP contribution in [0.15, 0.2) is 6.07 Å². The summed E-state index contributed by atoms with van der Waals surface area (Å²) in [6.45, 7) is -1.42. The Bertz CT molecular complexity index is 442. The SMILES string of the molecule is FCc1c(OC(F)(F)F)cc(C(F)(F)F)nc1I. The average Bonchev–Trinajstić information content (AvgIpc) is 2.13. The molecule has 1 heterocycles. The van der Waals surface area contributed by atoms with Gasteiger partial charge in [0, 0.05) is 6.07 Å². The third-order valence-corrected chi connectivity index (χ3v) is 2.57. The van der Waals surface area contributed by atoms with Crippen LogP contribution in [0.3, 0.4) is 0 Å². The van der Waals surface area contributed by atoms with Crippen LogP contribution in [0.25, 0.3) is 0 Å². The van der Waals surface area contributed by atoms with Gasteiger partial charge in [0.2, 0.25) is 0 Å². The molecule has 1 rings (SSSR count). The molecule has 10 heteroatoms. The van der Waals surface area contributed by atoms with E-state index in [1.54, 1.807) is 0 Å². The van der Waals surface area contributed by atoms with Gasteiger partial charge in [-0.05, 0) is 22.6 Å². The molecule has 0 atom stereocenters. The lowest BCUT2D eigenvalue weighted by Crippen LogP contribution is -2.20. The molecular formula is C8H3F7INO. The molecule has 18 heavy (non-hydrogen) atoms. The predicted octanol–water partition coefficient (Wildman–Crippen LogP) is 4.07. The number of alkyl halides is 7. The van der Waals surface area contributed by atoms with Crippen LogP contribution in [0, 0.1) is 3.70 Å². The van der Waals surface area contributed by atoms with Gasteiger partial charge in [0.25, 0.3) is 0 Å². The van der Waals surface area contributed by atoms with E-state index in [9.17, 15) is 30.7 Å². The minimum atomic E-state index is -5.21. The van der Waals surface area contributed by atoms with Crippen molar-refractivity contribution in [1.29, 1.82) is 0 Å². The summed E-state index contributed by atoms with van der Waals surface area (Å²) in [6.07, 6.45) is -10.2. The van der Waals surface area contributed by atoms with Crippen LogP contribution in [0.4, 0.5) is 30.7 Å². The van der Waals surface area contributed by atoms with Gasteiger partial charge in [-0.25, -0.2) is 9.37 Å². The first-order valence-corrected chi connectivity index (χ1v) is 5.21. The van der Waals surface area contributed by atoms with Crippen LogP contribution in [0.1, 0.15) is 11.3 Å². The van der Waals surface area contributed by atoms with Crippen LogP contribution in [0.2, 0.25) is 0 Å². The van der Waals surface area contributed by atoms with Crippen LogP contribution >= 0.6 is 22.6 Å². The minimum absolute atomic E-state index is 0.0184. The molecule has 0 saturated carbocycles. The van der Waals surface area contributed by atoms with Crippen molar-refractivity contribution in [2.24, 2.45) is 0 Å². The molecule has 2 nitrogen and oxygen atoms in total. The van der Waals surface area contributed by atoms with Crippen molar-refractivity contribution in [3.05, 3.63) is 21.0 Å². The average molecular weight is 389 g/mol. The second kappa shape index (κ2) is 5.05. The number of aromatic nitrogens is 1. The van der Waals surface area contributed by atoms with Gasteiger partial charge < -0.3 is 4.74 Å². The summed E-state index contributed by atoms with van der Waals surface area (Å²) >= 11 is 1.20. The van der Waals surface area contributed by atoms with E-state index in [0.29, 0.717) is 0 Å². The van der Waals surface area contributed by atoms with E-state index in [1.807, 2.05) is 0 Å². The van der Waals surface area contributed by atoms with Crippen molar-refractivity contribution in [3.8, 4) is 5.75 Å². The summed E-state index contributed by atoms with van der Waals surface area (Å²) in [6, 6.07) is 0.0184. The zero-order chi connectivity index (χ0) is 14.1. The molecule has 0 amide bonds. The number of pyridine rings is 1. The highest BCUT2D eigenvalue weighted by atomic mass is 127. The molecule has 0 aromatic carbocycles. The lowest BCUT2D eigenvalue weighted by molar-refractivity contribution is -0.275. The Hall–Kier alpha value is -0.810. The standard InChI is InChI=1S/C8H3F7INO/c9-2-3-4(18-8(13,14)15)1-5(7(10,11)12)17-6(3)16/h1H,2H2. The van der Waals surface area contributed by atoms with E-state index in [1.165, 1.54) is 22.6 Å². The van der Waals surface area contributed by atoms with Gasteiger partial charge in [0.15, 0.2) is 0 Å². The fourth-order valence-electron chi connectivity index (χ4n) is 1.00. The Kier molecular flexibility index (Phi) is 4.28. The van der Waals surface area contributed by atoms with Crippen molar-refractivity contribution < 1.29 is 35.5 Å². The Morgan fingerprint density at radius 2 is 1.72 bits per heavy atom. The Morgan fingerprint density at radius 3 is 2.11 bits per heavy atom. The maximum Gasteiger partial charge on any atom is 0.573 e.